The minimum absolute atomic E-state index is 0.412. The monoisotopic (exact) mass is 122 g/mol. The molecule has 6 N–H and O–H groups in total. The van der Waals surface area contributed by atoms with Crippen LogP contribution in [0.4, 0.5) is 17.1 Å². The molecular weight excluding hydrogens is 114 g/mol. The lowest BCUT2D eigenvalue weighted by Crippen LogP contribution is -1.98. The molecule has 0 aliphatic carbocycles. The Morgan fingerprint density at radius 1 is 1.22 bits per heavy atom. The Kier molecular flexibility index (Phi) is 1.18. The standard InChI is InChI=1S/C6H8N3/c7-4-2-1-3-5(8)6(4)9/h1-2H,7-9H2. The van der Waals surface area contributed by atoms with E-state index in [4.69, 9.17) is 17.2 Å². The highest BCUT2D eigenvalue weighted by Crippen LogP contribution is 2.19. The van der Waals surface area contributed by atoms with Gasteiger partial charge in [0, 0.05) is 6.07 Å². The average Bonchev–Trinajstić information content (AvgIpc) is 1.83. The minimum Gasteiger partial charge on any atom is -0.397 e. The van der Waals surface area contributed by atoms with E-state index in [0.29, 0.717) is 17.1 Å². The number of rotatable bonds is 0. The van der Waals surface area contributed by atoms with Gasteiger partial charge in [0.1, 0.15) is 0 Å². The number of benzene rings is 1. The third kappa shape index (κ3) is 0.887. The van der Waals surface area contributed by atoms with Gasteiger partial charge in [-0.15, -0.1) is 0 Å². The summed E-state index contributed by atoms with van der Waals surface area (Å²) in [6, 6.07) is 6.01. The number of hydrogen-bond acceptors (Lipinski definition) is 3. The van der Waals surface area contributed by atoms with Gasteiger partial charge in [0.05, 0.1) is 17.1 Å². The van der Waals surface area contributed by atoms with Crippen molar-refractivity contribution in [3.8, 4) is 0 Å². The molecule has 0 atom stereocenters. The van der Waals surface area contributed by atoms with Crippen molar-refractivity contribution in [1.29, 1.82) is 0 Å². The number of nitrogen functional groups attached to an aromatic ring is 3. The fraction of sp³-hybridized carbons (Fsp3) is 0. The van der Waals surface area contributed by atoms with Crippen molar-refractivity contribution in [2.75, 3.05) is 17.2 Å². The predicted octanol–water partition coefficient (Wildman–Crippen LogP) is 0.233. The Hall–Kier alpha value is -1.38. The van der Waals surface area contributed by atoms with Crippen LogP contribution in [-0.4, -0.2) is 0 Å². The Morgan fingerprint density at radius 2 is 1.89 bits per heavy atom. The molecular formula is C6H8N3. The summed E-state index contributed by atoms with van der Waals surface area (Å²) in [4.78, 5) is 0. The zero-order valence-electron chi connectivity index (χ0n) is 4.89. The third-order valence-electron chi connectivity index (χ3n) is 1.10. The van der Waals surface area contributed by atoms with E-state index in [9.17, 15) is 0 Å². The van der Waals surface area contributed by atoms with Crippen LogP contribution in [0.2, 0.25) is 0 Å². The second-order valence-corrected chi connectivity index (χ2v) is 1.76. The Bertz CT molecular complexity index is 199. The molecule has 0 amide bonds. The van der Waals surface area contributed by atoms with Crippen molar-refractivity contribution in [3.05, 3.63) is 18.2 Å². The SMILES string of the molecule is Nc1[c]ccc(N)c1N. The molecule has 0 aliphatic heterocycles. The van der Waals surface area contributed by atoms with E-state index in [1.807, 2.05) is 0 Å². The zero-order valence-corrected chi connectivity index (χ0v) is 4.89. The first-order valence-electron chi connectivity index (χ1n) is 2.53. The van der Waals surface area contributed by atoms with Gasteiger partial charge in [0.25, 0.3) is 0 Å². The first-order chi connectivity index (χ1) is 4.22. The summed E-state index contributed by atoms with van der Waals surface area (Å²) in [5, 5.41) is 0. The van der Waals surface area contributed by atoms with Crippen LogP contribution in [0.5, 0.6) is 0 Å². The van der Waals surface area contributed by atoms with Crippen molar-refractivity contribution in [2.24, 2.45) is 0 Å². The van der Waals surface area contributed by atoms with E-state index in [-0.39, 0.29) is 0 Å². The van der Waals surface area contributed by atoms with E-state index in [1.54, 1.807) is 12.1 Å². The van der Waals surface area contributed by atoms with E-state index >= 15 is 0 Å². The molecule has 47 valence electrons. The molecule has 0 aromatic heterocycles. The largest absolute Gasteiger partial charge is 0.397 e. The summed E-state index contributed by atoms with van der Waals surface area (Å²) in [5.41, 5.74) is 17.5. The van der Waals surface area contributed by atoms with Gasteiger partial charge in [-0.2, -0.15) is 0 Å². The van der Waals surface area contributed by atoms with Crippen molar-refractivity contribution < 1.29 is 0 Å². The van der Waals surface area contributed by atoms with Crippen LogP contribution in [0.1, 0.15) is 0 Å². The molecule has 1 aromatic rings. The van der Waals surface area contributed by atoms with Crippen LogP contribution >= 0.6 is 0 Å². The molecule has 0 fully saturated rings. The molecule has 1 rings (SSSR count). The Morgan fingerprint density at radius 3 is 2.33 bits per heavy atom. The second-order valence-electron chi connectivity index (χ2n) is 1.76. The molecule has 1 aromatic carbocycles. The molecule has 0 bridgehead atoms. The zero-order chi connectivity index (χ0) is 6.85. The van der Waals surface area contributed by atoms with Crippen molar-refractivity contribution in [2.45, 2.75) is 0 Å². The highest BCUT2D eigenvalue weighted by atomic mass is 14.7. The van der Waals surface area contributed by atoms with Gasteiger partial charge in [-0.05, 0) is 6.07 Å². The molecule has 0 saturated heterocycles. The number of anilines is 3. The predicted molar refractivity (Wildman–Crippen MR) is 38.5 cm³/mol. The van der Waals surface area contributed by atoms with Crippen LogP contribution < -0.4 is 17.2 Å². The molecule has 3 nitrogen and oxygen atoms in total. The summed E-state index contributed by atoms with van der Waals surface area (Å²) in [6.45, 7) is 0. The normalized spacial score (nSPS) is 9.33. The number of nitrogens with two attached hydrogens (primary N) is 3. The van der Waals surface area contributed by atoms with Crippen LogP contribution in [0.25, 0.3) is 0 Å². The first kappa shape index (κ1) is 5.75. The van der Waals surface area contributed by atoms with Crippen molar-refractivity contribution in [3.63, 3.8) is 0 Å². The first-order valence-corrected chi connectivity index (χ1v) is 2.53. The van der Waals surface area contributed by atoms with E-state index in [1.165, 1.54) is 0 Å². The maximum Gasteiger partial charge on any atom is 0.0787 e. The fourth-order valence-corrected chi connectivity index (χ4v) is 0.544. The molecule has 0 aliphatic rings. The molecule has 3 heteroatoms. The van der Waals surface area contributed by atoms with Gasteiger partial charge >= 0.3 is 0 Å². The van der Waals surface area contributed by atoms with E-state index < -0.39 is 0 Å². The topological polar surface area (TPSA) is 78.1 Å². The third-order valence-corrected chi connectivity index (χ3v) is 1.10. The van der Waals surface area contributed by atoms with Gasteiger partial charge in [-0.25, -0.2) is 0 Å². The van der Waals surface area contributed by atoms with Crippen LogP contribution in [0, 0.1) is 6.07 Å². The highest BCUT2D eigenvalue weighted by Gasteiger charge is 1.94. The number of hydrogen-bond donors (Lipinski definition) is 3. The van der Waals surface area contributed by atoms with Crippen molar-refractivity contribution >= 4 is 17.1 Å². The van der Waals surface area contributed by atoms with Crippen molar-refractivity contribution in [1.82, 2.24) is 0 Å². The summed E-state index contributed by atoms with van der Waals surface area (Å²) < 4.78 is 0. The molecule has 9 heavy (non-hydrogen) atoms. The smallest absolute Gasteiger partial charge is 0.0787 e. The van der Waals surface area contributed by atoms with E-state index in [2.05, 4.69) is 6.07 Å². The van der Waals surface area contributed by atoms with Crippen LogP contribution in [0.15, 0.2) is 12.1 Å². The molecule has 0 saturated carbocycles. The van der Waals surface area contributed by atoms with Crippen LogP contribution in [0.3, 0.4) is 0 Å². The maximum atomic E-state index is 5.40. The maximum absolute atomic E-state index is 5.40. The van der Waals surface area contributed by atoms with E-state index in [0.717, 1.165) is 0 Å². The van der Waals surface area contributed by atoms with Gasteiger partial charge in [-0.1, -0.05) is 6.07 Å². The Labute approximate surface area is 53.5 Å². The quantitative estimate of drug-likeness (QED) is 0.431. The summed E-state index contributed by atoms with van der Waals surface area (Å²) >= 11 is 0. The van der Waals surface area contributed by atoms with Gasteiger partial charge in [-0.3, -0.25) is 0 Å². The summed E-state index contributed by atoms with van der Waals surface area (Å²) in [5.74, 6) is 0. The lowest BCUT2D eigenvalue weighted by atomic mass is 10.2. The van der Waals surface area contributed by atoms with Gasteiger partial charge < -0.3 is 17.2 Å². The lowest BCUT2D eigenvalue weighted by molar-refractivity contribution is 1.64. The minimum atomic E-state index is 0.412. The lowest BCUT2D eigenvalue weighted by Gasteiger charge is -2.00. The molecule has 1 radical (unpaired) electrons. The molecule has 0 unspecified atom stereocenters. The Balaban J connectivity index is 3.25. The van der Waals surface area contributed by atoms with Crippen LogP contribution in [-0.2, 0) is 0 Å². The fourth-order valence-electron chi connectivity index (χ4n) is 0.544. The average molecular weight is 122 g/mol. The van der Waals surface area contributed by atoms with Gasteiger partial charge in [0.15, 0.2) is 0 Å². The summed E-state index contributed by atoms with van der Waals surface area (Å²) in [7, 11) is 0. The molecule has 0 heterocycles. The second kappa shape index (κ2) is 1.85. The summed E-state index contributed by atoms with van der Waals surface area (Å²) in [6.07, 6.45) is 0. The van der Waals surface area contributed by atoms with Gasteiger partial charge in [0.2, 0.25) is 0 Å². The highest BCUT2D eigenvalue weighted by molar-refractivity contribution is 5.76. The molecule has 0 spiro atoms.